The fraction of sp³-hybridized carbons (Fsp3) is 1.00. The van der Waals surface area contributed by atoms with Crippen LogP contribution >= 0.6 is 0 Å². The molecule has 0 amide bonds. The molecule has 0 saturated carbocycles. The molecule has 62 valence electrons. The van der Waals surface area contributed by atoms with Gasteiger partial charge in [-0.25, -0.2) is 5.15 Å². The average Bonchev–Trinajstić information content (AvgIpc) is 1.57. The molecule has 0 heterocycles. The Balaban J connectivity index is 3.56. The number of hydrogen-bond donors (Lipinski definition) is 1. The van der Waals surface area contributed by atoms with E-state index >= 15 is 0 Å². The van der Waals surface area contributed by atoms with E-state index in [0.717, 1.165) is 0 Å². The van der Waals surface area contributed by atoms with Crippen molar-refractivity contribution >= 4 is 8.24 Å². The van der Waals surface area contributed by atoms with Gasteiger partial charge in [-0.2, -0.15) is 0 Å². The molecule has 0 aromatic rings. The van der Waals surface area contributed by atoms with Gasteiger partial charge in [0.25, 0.3) is 0 Å². The van der Waals surface area contributed by atoms with Crippen molar-refractivity contribution in [1.82, 2.24) is 5.15 Å². The van der Waals surface area contributed by atoms with Crippen LogP contribution in [0.5, 0.6) is 0 Å². The highest BCUT2D eigenvalue weighted by atomic mass is 28.3. The van der Waals surface area contributed by atoms with Crippen LogP contribution in [0.3, 0.4) is 0 Å². The van der Waals surface area contributed by atoms with Gasteiger partial charge in [0.05, 0.1) is 5.60 Å². The van der Waals surface area contributed by atoms with Crippen molar-refractivity contribution in [2.45, 2.75) is 46.0 Å². The molecule has 0 atom stereocenters. The van der Waals surface area contributed by atoms with Gasteiger partial charge in [0, 0.05) is 0 Å². The highest BCUT2D eigenvalue weighted by Crippen LogP contribution is 2.06. The van der Waals surface area contributed by atoms with Crippen molar-refractivity contribution in [1.29, 1.82) is 0 Å². The summed E-state index contributed by atoms with van der Waals surface area (Å²) in [5, 5.41) is 3.10. The zero-order chi connectivity index (χ0) is 8.41. The minimum atomic E-state index is -1.24. The lowest BCUT2D eigenvalue weighted by atomic mass is 10.2. The quantitative estimate of drug-likeness (QED) is 0.495. The molecule has 0 fully saturated rings. The Bertz CT molecular complexity index is 87.2. The molecule has 0 radical (unpaired) electrons. The fourth-order valence-electron chi connectivity index (χ4n) is 0.306. The van der Waals surface area contributed by atoms with Crippen molar-refractivity contribution < 1.29 is 4.84 Å². The predicted octanol–water partition coefficient (Wildman–Crippen LogP) is 2.14. The highest BCUT2D eigenvalue weighted by Gasteiger charge is 2.17. The molecular formula is C7H19NOSi. The van der Waals surface area contributed by atoms with Crippen LogP contribution in [-0.4, -0.2) is 13.8 Å². The maximum Gasteiger partial charge on any atom is 0.147 e. The van der Waals surface area contributed by atoms with Gasteiger partial charge in [0.2, 0.25) is 0 Å². The molecule has 0 rings (SSSR count). The summed E-state index contributed by atoms with van der Waals surface area (Å²) in [5.41, 5.74) is -0.0692. The third-order valence-electron chi connectivity index (χ3n) is 0.663. The van der Waals surface area contributed by atoms with Crippen LogP contribution in [0.2, 0.25) is 19.6 Å². The first-order chi connectivity index (χ1) is 4.21. The number of rotatable bonds is 2. The topological polar surface area (TPSA) is 21.3 Å². The minimum Gasteiger partial charge on any atom is -0.303 e. The van der Waals surface area contributed by atoms with Crippen molar-refractivity contribution in [2.75, 3.05) is 0 Å². The van der Waals surface area contributed by atoms with Gasteiger partial charge in [-0.3, -0.25) is 0 Å². The molecule has 10 heavy (non-hydrogen) atoms. The smallest absolute Gasteiger partial charge is 0.147 e. The average molecular weight is 161 g/mol. The largest absolute Gasteiger partial charge is 0.303 e. The molecule has 3 heteroatoms. The van der Waals surface area contributed by atoms with Crippen LogP contribution in [0.25, 0.3) is 0 Å². The zero-order valence-corrected chi connectivity index (χ0v) is 8.91. The van der Waals surface area contributed by atoms with E-state index in [1.807, 2.05) is 20.8 Å². The van der Waals surface area contributed by atoms with Crippen molar-refractivity contribution in [3.8, 4) is 0 Å². The molecule has 0 unspecified atom stereocenters. The molecule has 0 aliphatic carbocycles. The molecule has 0 aromatic carbocycles. The zero-order valence-electron chi connectivity index (χ0n) is 7.91. The first-order valence-electron chi connectivity index (χ1n) is 3.66. The molecule has 0 aromatic heterocycles. The molecular weight excluding hydrogens is 142 g/mol. The molecule has 0 aliphatic heterocycles. The van der Waals surface area contributed by atoms with E-state index in [4.69, 9.17) is 4.84 Å². The van der Waals surface area contributed by atoms with E-state index in [1.54, 1.807) is 0 Å². The van der Waals surface area contributed by atoms with Crippen molar-refractivity contribution in [3.63, 3.8) is 0 Å². The SMILES string of the molecule is CC(C)(C)ON[Si](C)(C)C. The summed E-state index contributed by atoms with van der Waals surface area (Å²) in [7, 11) is -1.24. The second-order valence-corrected chi connectivity index (χ2v) is 9.27. The van der Waals surface area contributed by atoms with Gasteiger partial charge < -0.3 is 4.84 Å². The van der Waals surface area contributed by atoms with E-state index in [-0.39, 0.29) is 5.60 Å². The van der Waals surface area contributed by atoms with Gasteiger partial charge in [-0.15, -0.1) is 0 Å². The summed E-state index contributed by atoms with van der Waals surface area (Å²) in [6.07, 6.45) is 0. The summed E-state index contributed by atoms with van der Waals surface area (Å²) in [4.78, 5) is 5.41. The Labute approximate surface area is 65.0 Å². The normalized spacial score (nSPS) is 13.8. The molecule has 0 saturated heterocycles. The van der Waals surface area contributed by atoms with E-state index < -0.39 is 8.24 Å². The number of nitrogens with one attached hydrogen (secondary N) is 1. The van der Waals surface area contributed by atoms with Crippen molar-refractivity contribution in [3.05, 3.63) is 0 Å². The molecule has 0 aliphatic rings. The second-order valence-electron chi connectivity index (χ2n) is 4.57. The standard InChI is InChI=1S/C7H19NOSi/c1-7(2,3)9-8-10(4,5)6/h8H,1-6H3. The lowest BCUT2D eigenvalue weighted by Gasteiger charge is -2.25. The second kappa shape index (κ2) is 3.03. The Kier molecular flexibility index (Phi) is 3.07. The maximum absolute atomic E-state index is 5.41. The lowest BCUT2D eigenvalue weighted by molar-refractivity contribution is -0.0409. The molecule has 0 spiro atoms. The van der Waals surface area contributed by atoms with Crippen LogP contribution < -0.4 is 5.15 Å². The van der Waals surface area contributed by atoms with Gasteiger partial charge in [-0.1, -0.05) is 19.6 Å². The van der Waals surface area contributed by atoms with Crippen LogP contribution in [-0.2, 0) is 4.84 Å². The highest BCUT2D eigenvalue weighted by molar-refractivity contribution is 6.73. The fourth-order valence-corrected chi connectivity index (χ4v) is 0.919. The summed E-state index contributed by atoms with van der Waals surface area (Å²) >= 11 is 0. The van der Waals surface area contributed by atoms with Crippen LogP contribution in [0.15, 0.2) is 0 Å². The Morgan fingerprint density at radius 1 is 1.10 bits per heavy atom. The van der Waals surface area contributed by atoms with E-state index in [1.165, 1.54) is 0 Å². The number of hydrogen-bond acceptors (Lipinski definition) is 2. The minimum absolute atomic E-state index is 0.0692. The van der Waals surface area contributed by atoms with Crippen LogP contribution in [0.4, 0.5) is 0 Å². The summed E-state index contributed by atoms with van der Waals surface area (Å²) < 4.78 is 0. The van der Waals surface area contributed by atoms with Gasteiger partial charge in [-0.05, 0) is 20.8 Å². The van der Waals surface area contributed by atoms with Crippen molar-refractivity contribution in [2.24, 2.45) is 0 Å². The maximum atomic E-state index is 5.41. The van der Waals surface area contributed by atoms with Crippen LogP contribution in [0, 0.1) is 0 Å². The van der Waals surface area contributed by atoms with E-state index in [2.05, 4.69) is 24.8 Å². The predicted molar refractivity (Wildman–Crippen MR) is 47.3 cm³/mol. The third-order valence-corrected chi connectivity index (χ3v) is 1.38. The molecule has 1 N–H and O–H groups in total. The lowest BCUT2D eigenvalue weighted by Crippen LogP contribution is -2.45. The van der Waals surface area contributed by atoms with E-state index in [0.29, 0.717) is 0 Å². The first kappa shape index (κ1) is 10.1. The monoisotopic (exact) mass is 161 g/mol. The van der Waals surface area contributed by atoms with Crippen LogP contribution in [0.1, 0.15) is 20.8 Å². The Morgan fingerprint density at radius 2 is 1.50 bits per heavy atom. The van der Waals surface area contributed by atoms with Gasteiger partial charge >= 0.3 is 0 Å². The molecule has 2 nitrogen and oxygen atoms in total. The molecule has 0 bridgehead atoms. The van der Waals surface area contributed by atoms with Gasteiger partial charge in [0.1, 0.15) is 8.24 Å². The Morgan fingerprint density at radius 3 is 1.60 bits per heavy atom. The summed E-state index contributed by atoms with van der Waals surface area (Å²) in [5.74, 6) is 0. The summed E-state index contributed by atoms with van der Waals surface area (Å²) in [6, 6.07) is 0. The first-order valence-corrected chi connectivity index (χ1v) is 7.16. The summed E-state index contributed by atoms with van der Waals surface area (Å²) in [6.45, 7) is 12.7. The third kappa shape index (κ3) is 8.14. The van der Waals surface area contributed by atoms with E-state index in [9.17, 15) is 0 Å². The van der Waals surface area contributed by atoms with Gasteiger partial charge in [0.15, 0.2) is 0 Å². The Hall–Kier alpha value is 0.137.